The summed E-state index contributed by atoms with van der Waals surface area (Å²) in [5, 5.41) is 17.6. The van der Waals surface area contributed by atoms with E-state index < -0.39 is 23.4 Å². The quantitative estimate of drug-likeness (QED) is 0.802. The number of halogens is 1. The monoisotopic (exact) mass is 351 g/mol. The lowest BCUT2D eigenvalue weighted by atomic mass is 9.96. The molecule has 2 rings (SSSR count). The summed E-state index contributed by atoms with van der Waals surface area (Å²) in [5.41, 5.74) is 6.56. The highest BCUT2D eigenvalue weighted by Gasteiger charge is 2.19. The number of hydrogen-bond acceptors (Lipinski definition) is 5. The van der Waals surface area contributed by atoms with E-state index in [2.05, 4.69) is 0 Å². The highest BCUT2D eigenvalue weighted by atomic mass is 19.1. The number of methoxy groups -OCH3 is 1. The molecular formula is C19H14FN3O3. The molecule has 0 aliphatic carbocycles. The Labute approximate surface area is 149 Å². The summed E-state index contributed by atoms with van der Waals surface area (Å²) in [6.45, 7) is 0. The van der Waals surface area contributed by atoms with Crippen LogP contribution in [0.2, 0.25) is 0 Å². The molecule has 2 aromatic carbocycles. The third-order valence-corrected chi connectivity index (χ3v) is 3.75. The van der Waals surface area contributed by atoms with Crippen LogP contribution in [0.3, 0.4) is 0 Å². The highest BCUT2D eigenvalue weighted by Crippen LogP contribution is 2.27. The van der Waals surface area contributed by atoms with E-state index in [1.165, 1.54) is 25.3 Å². The summed E-state index contributed by atoms with van der Waals surface area (Å²) in [4.78, 5) is 23.4. The topological polar surface area (TPSA) is 117 Å². The predicted octanol–water partition coefficient (Wildman–Crippen LogP) is 2.37. The van der Waals surface area contributed by atoms with Crippen molar-refractivity contribution in [2.45, 2.75) is 6.42 Å². The van der Waals surface area contributed by atoms with Crippen molar-refractivity contribution < 1.29 is 18.7 Å². The van der Waals surface area contributed by atoms with Crippen LogP contribution in [0.1, 0.15) is 31.8 Å². The van der Waals surface area contributed by atoms with Gasteiger partial charge in [-0.25, -0.2) is 4.39 Å². The van der Waals surface area contributed by atoms with Gasteiger partial charge in [0.2, 0.25) is 0 Å². The number of benzene rings is 2. The summed E-state index contributed by atoms with van der Waals surface area (Å²) >= 11 is 0. The van der Waals surface area contributed by atoms with Crippen LogP contribution in [0.4, 0.5) is 4.39 Å². The van der Waals surface area contributed by atoms with Crippen molar-refractivity contribution in [3.63, 3.8) is 0 Å². The Hall–Kier alpha value is -3.71. The second-order valence-electron chi connectivity index (χ2n) is 5.44. The van der Waals surface area contributed by atoms with Crippen molar-refractivity contribution in [1.29, 1.82) is 10.5 Å². The maximum absolute atomic E-state index is 13.8. The second kappa shape index (κ2) is 7.91. The summed E-state index contributed by atoms with van der Waals surface area (Å²) in [7, 11) is 1.36. The Morgan fingerprint density at radius 2 is 1.81 bits per heavy atom. The molecule has 0 unspecified atom stereocenters. The molecule has 0 atom stereocenters. The number of ether oxygens (including phenoxy) is 1. The van der Waals surface area contributed by atoms with Crippen LogP contribution in [0, 0.1) is 34.4 Å². The van der Waals surface area contributed by atoms with E-state index in [1.807, 2.05) is 0 Å². The molecule has 0 aliphatic heterocycles. The van der Waals surface area contributed by atoms with Gasteiger partial charge in [-0.1, -0.05) is 24.3 Å². The fourth-order valence-electron chi connectivity index (χ4n) is 2.53. The van der Waals surface area contributed by atoms with E-state index in [-0.39, 0.29) is 23.3 Å². The molecular weight excluding hydrogens is 337 g/mol. The SMILES string of the molecule is COc1c(Cc2ccc(C(=O)C(C#N)C#N)cc2)cc(F)cc1C(N)=O. The molecule has 0 aromatic heterocycles. The van der Waals surface area contributed by atoms with Gasteiger partial charge in [-0.05, 0) is 17.7 Å². The van der Waals surface area contributed by atoms with Crippen LogP contribution >= 0.6 is 0 Å². The summed E-state index contributed by atoms with van der Waals surface area (Å²) < 4.78 is 19.0. The van der Waals surface area contributed by atoms with E-state index in [9.17, 15) is 14.0 Å². The zero-order valence-electron chi connectivity index (χ0n) is 13.8. The first-order valence-corrected chi connectivity index (χ1v) is 7.49. The average Bonchev–Trinajstić information content (AvgIpc) is 2.62. The fourth-order valence-corrected chi connectivity index (χ4v) is 2.53. The second-order valence-corrected chi connectivity index (χ2v) is 5.44. The molecule has 7 heteroatoms. The first-order valence-electron chi connectivity index (χ1n) is 7.49. The van der Waals surface area contributed by atoms with E-state index in [1.54, 1.807) is 24.3 Å². The summed E-state index contributed by atoms with van der Waals surface area (Å²) in [6, 6.07) is 11.7. The van der Waals surface area contributed by atoms with Crippen LogP contribution in [0.5, 0.6) is 5.75 Å². The summed E-state index contributed by atoms with van der Waals surface area (Å²) in [6.07, 6.45) is 0.232. The van der Waals surface area contributed by atoms with Gasteiger partial charge in [0.25, 0.3) is 5.91 Å². The number of carbonyl (C=O) groups excluding carboxylic acids is 2. The van der Waals surface area contributed by atoms with Gasteiger partial charge >= 0.3 is 0 Å². The van der Waals surface area contributed by atoms with E-state index >= 15 is 0 Å². The van der Waals surface area contributed by atoms with Gasteiger partial charge in [0.05, 0.1) is 24.8 Å². The van der Waals surface area contributed by atoms with Crippen molar-refractivity contribution in [2.24, 2.45) is 11.7 Å². The van der Waals surface area contributed by atoms with Gasteiger partial charge < -0.3 is 10.5 Å². The molecule has 26 heavy (non-hydrogen) atoms. The van der Waals surface area contributed by atoms with Crippen LogP contribution in [0.15, 0.2) is 36.4 Å². The minimum absolute atomic E-state index is 0.0554. The van der Waals surface area contributed by atoms with Crippen molar-refractivity contribution in [1.82, 2.24) is 0 Å². The zero-order chi connectivity index (χ0) is 19.3. The Balaban J connectivity index is 2.33. The molecule has 0 spiro atoms. The Bertz CT molecular complexity index is 926. The van der Waals surface area contributed by atoms with Crippen LogP contribution in [-0.4, -0.2) is 18.8 Å². The molecule has 2 N–H and O–H groups in total. The van der Waals surface area contributed by atoms with Crippen molar-refractivity contribution in [3.05, 3.63) is 64.5 Å². The standard InChI is InChI=1S/C19H14FN3O3/c1-26-18-13(7-15(20)8-16(18)19(23)25)6-11-2-4-12(5-3-11)17(24)14(9-21)10-22/h2-5,7-8,14H,6H2,1H3,(H2,23,25). The minimum atomic E-state index is -1.36. The maximum atomic E-state index is 13.8. The molecule has 2 aromatic rings. The number of nitriles is 2. The number of carbonyl (C=O) groups is 2. The lowest BCUT2D eigenvalue weighted by molar-refractivity contribution is 0.0968. The molecule has 0 saturated heterocycles. The molecule has 0 saturated carbocycles. The van der Waals surface area contributed by atoms with Gasteiger partial charge in [-0.3, -0.25) is 9.59 Å². The number of rotatable bonds is 6. The van der Waals surface area contributed by atoms with Crippen LogP contribution < -0.4 is 10.5 Å². The predicted molar refractivity (Wildman–Crippen MR) is 89.8 cm³/mol. The zero-order valence-corrected chi connectivity index (χ0v) is 13.8. The van der Waals surface area contributed by atoms with E-state index in [4.69, 9.17) is 21.0 Å². The van der Waals surface area contributed by atoms with Crippen LogP contribution in [0.25, 0.3) is 0 Å². The molecule has 0 radical (unpaired) electrons. The van der Waals surface area contributed by atoms with Gasteiger partial charge in [0, 0.05) is 17.5 Å². The van der Waals surface area contributed by atoms with E-state index in [0.717, 1.165) is 6.07 Å². The largest absolute Gasteiger partial charge is 0.496 e. The molecule has 130 valence electrons. The number of nitrogens with zero attached hydrogens (tertiary/aromatic N) is 2. The molecule has 0 heterocycles. The number of nitrogens with two attached hydrogens (primary N) is 1. The number of Topliss-reactive ketones (excluding diaryl/α,β-unsaturated/α-hetero) is 1. The number of hydrogen-bond donors (Lipinski definition) is 1. The summed E-state index contributed by atoms with van der Waals surface area (Å²) in [5.74, 6) is -3.17. The van der Waals surface area contributed by atoms with Gasteiger partial charge in [0.15, 0.2) is 11.7 Å². The first kappa shape index (κ1) is 18.6. The first-order chi connectivity index (χ1) is 12.4. The lowest BCUT2D eigenvalue weighted by Crippen LogP contribution is -2.14. The number of amides is 1. The third kappa shape index (κ3) is 3.85. The van der Waals surface area contributed by atoms with Gasteiger partial charge in [0.1, 0.15) is 11.6 Å². The fraction of sp³-hybridized carbons (Fsp3) is 0.158. The lowest BCUT2D eigenvalue weighted by Gasteiger charge is -2.12. The van der Waals surface area contributed by atoms with Gasteiger partial charge in [-0.15, -0.1) is 0 Å². The Morgan fingerprint density at radius 1 is 1.19 bits per heavy atom. The number of primary amides is 1. The molecule has 1 amide bonds. The van der Waals surface area contributed by atoms with E-state index in [0.29, 0.717) is 11.1 Å². The third-order valence-electron chi connectivity index (χ3n) is 3.75. The Kier molecular flexibility index (Phi) is 5.67. The van der Waals surface area contributed by atoms with Crippen LogP contribution in [-0.2, 0) is 6.42 Å². The average molecular weight is 351 g/mol. The molecule has 0 fully saturated rings. The number of ketones is 1. The molecule has 0 aliphatic rings. The van der Waals surface area contributed by atoms with Crippen molar-refractivity contribution in [3.8, 4) is 17.9 Å². The molecule has 0 bridgehead atoms. The minimum Gasteiger partial charge on any atom is -0.496 e. The normalized spacial score (nSPS) is 10.0. The van der Waals surface area contributed by atoms with Crippen molar-refractivity contribution in [2.75, 3.05) is 7.11 Å². The smallest absolute Gasteiger partial charge is 0.252 e. The maximum Gasteiger partial charge on any atom is 0.252 e. The Morgan fingerprint density at radius 3 is 2.31 bits per heavy atom. The molecule has 6 nitrogen and oxygen atoms in total. The highest BCUT2D eigenvalue weighted by molar-refractivity contribution is 6.01. The van der Waals surface area contributed by atoms with Gasteiger partial charge in [-0.2, -0.15) is 10.5 Å². The van der Waals surface area contributed by atoms with Crippen molar-refractivity contribution >= 4 is 11.7 Å².